The Bertz CT molecular complexity index is 686. The van der Waals surface area contributed by atoms with Crippen LogP contribution in [0.2, 0.25) is 0 Å². The van der Waals surface area contributed by atoms with Gasteiger partial charge in [-0.05, 0) is 25.0 Å². The van der Waals surface area contributed by atoms with E-state index in [1.54, 1.807) is 11.0 Å². The molecule has 23 heavy (non-hydrogen) atoms. The van der Waals surface area contributed by atoms with Crippen molar-refractivity contribution in [3.63, 3.8) is 0 Å². The van der Waals surface area contributed by atoms with Gasteiger partial charge in [0.1, 0.15) is 5.56 Å². The molecule has 0 spiro atoms. The highest BCUT2D eigenvalue weighted by atomic mass is 19.3. The SMILES string of the molecule is CCc1[nH]c(=O)c(C(=O)N2CCN3CC(F)(F)C[C@H]3C2)cc1C. The molecule has 3 heterocycles. The van der Waals surface area contributed by atoms with Crippen LogP contribution in [0.15, 0.2) is 10.9 Å². The molecule has 1 amide bonds. The first-order valence-corrected chi connectivity index (χ1v) is 7.94. The van der Waals surface area contributed by atoms with E-state index in [1.165, 1.54) is 4.90 Å². The summed E-state index contributed by atoms with van der Waals surface area (Å²) in [6.07, 6.45) is 0.465. The van der Waals surface area contributed by atoms with Crippen molar-refractivity contribution in [2.24, 2.45) is 0 Å². The van der Waals surface area contributed by atoms with E-state index in [2.05, 4.69) is 4.98 Å². The molecule has 1 aromatic rings. The summed E-state index contributed by atoms with van der Waals surface area (Å²) in [7, 11) is 0. The lowest BCUT2D eigenvalue weighted by Gasteiger charge is -2.36. The van der Waals surface area contributed by atoms with Crippen molar-refractivity contribution in [1.82, 2.24) is 14.8 Å². The van der Waals surface area contributed by atoms with E-state index in [0.29, 0.717) is 19.5 Å². The van der Waals surface area contributed by atoms with E-state index < -0.39 is 11.5 Å². The Hall–Kier alpha value is -1.76. The molecule has 0 aromatic carbocycles. The Labute approximate surface area is 133 Å². The number of hydrogen-bond donors (Lipinski definition) is 1. The van der Waals surface area contributed by atoms with Crippen LogP contribution < -0.4 is 5.56 Å². The monoisotopic (exact) mass is 325 g/mol. The molecule has 0 unspecified atom stereocenters. The number of H-pyrrole nitrogens is 1. The average Bonchev–Trinajstić information content (AvgIpc) is 2.81. The van der Waals surface area contributed by atoms with Crippen LogP contribution in [0.4, 0.5) is 8.78 Å². The van der Waals surface area contributed by atoms with Crippen LogP contribution in [0.1, 0.15) is 35.0 Å². The van der Waals surface area contributed by atoms with Crippen LogP contribution in [0.5, 0.6) is 0 Å². The van der Waals surface area contributed by atoms with Gasteiger partial charge in [-0.3, -0.25) is 14.5 Å². The molecule has 0 bridgehead atoms. The molecule has 1 aromatic heterocycles. The normalized spacial score (nSPS) is 23.8. The second-order valence-corrected chi connectivity index (χ2v) is 6.46. The number of aromatic amines is 1. The van der Waals surface area contributed by atoms with Crippen LogP contribution in [0.3, 0.4) is 0 Å². The van der Waals surface area contributed by atoms with Gasteiger partial charge in [0.15, 0.2) is 0 Å². The molecular formula is C16H21F2N3O2. The van der Waals surface area contributed by atoms with Gasteiger partial charge in [-0.2, -0.15) is 0 Å². The molecule has 7 heteroatoms. The topological polar surface area (TPSA) is 56.4 Å². The summed E-state index contributed by atoms with van der Waals surface area (Å²) in [6.45, 7) is 4.60. The van der Waals surface area contributed by atoms with Crippen molar-refractivity contribution in [3.8, 4) is 0 Å². The van der Waals surface area contributed by atoms with Gasteiger partial charge in [0, 0.05) is 37.8 Å². The average molecular weight is 325 g/mol. The Morgan fingerprint density at radius 1 is 1.43 bits per heavy atom. The number of alkyl halides is 2. The van der Waals surface area contributed by atoms with Gasteiger partial charge in [-0.15, -0.1) is 0 Å². The summed E-state index contributed by atoms with van der Waals surface area (Å²) in [5.41, 5.74) is 1.36. The Kier molecular flexibility index (Phi) is 4.00. The van der Waals surface area contributed by atoms with Crippen molar-refractivity contribution in [3.05, 3.63) is 33.2 Å². The first-order chi connectivity index (χ1) is 10.8. The van der Waals surface area contributed by atoms with Crippen LogP contribution in [0, 0.1) is 6.92 Å². The van der Waals surface area contributed by atoms with Crippen LogP contribution in [0.25, 0.3) is 0 Å². The molecular weight excluding hydrogens is 304 g/mol. The van der Waals surface area contributed by atoms with Crippen LogP contribution in [-0.4, -0.2) is 58.8 Å². The van der Waals surface area contributed by atoms with E-state index in [-0.39, 0.29) is 37.0 Å². The molecule has 0 radical (unpaired) electrons. The summed E-state index contributed by atoms with van der Waals surface area (Å²) < 4.78 is 27.0. The lowest BCUT2D eigenvalue weighted by molar-refractivity contribution is 0.0121. The van der Waals surface area contributed by atoms with Crippen LogP contribution in [-0.2, 0) is 6.42 Å². The lowest BCUT2D eigenvalue weighted by Crippen LogP contribution is -2.52. The summed E-state index contributed by atoms with van der Waals surface area (Å²) in [4.78, 5) is 30.8. The lowest BCUT2D eigenvalue weighted by atomic mass is 10.1. The van der Waals surface area contributed by atoms with Gasteiger partial charge < -0.3 is 9.88 Å². The third-order valence-electron chi connectivity index (χ3n) is 4.79. The molecule has 5 nitrogen and oxygen atoms in total. The largest absolute Gasteiger partial charge is 0.336 e. The number of aromatic nitrogens is 1. The van der Waals surface area contributed by atoms with Gasteiger partial charge >= 0.3 is 0 Å². The number of fused-ring (bicyclic) bond motifs is 1. The van der Waals surface area contributed by atoms with Gasteiger partial charge in [-0.1, -0.05) is 6.92 Å². The van der Waals surface area contributed by atoms with Gasteiger partial charge in [0.05, 0.1) is 6.54 Å². The second kappa shape index (κ2) is 5.70. The predicted molar refractivity (Wildman–Crippen MR) is 82.0 cm³/mol. The van der Waals surface area contributed by atoms with E-state index in [9.17, 15) is 18.4 Å². The van der Waals surface area contributed by atoms with Crippen molar-refractivity contribution < 1.29 is 13.6 Å². The quantitative estimate of drug-likeness (QED) is 0.894. The second-order valence-electron chi connectivity index (χ2n) is 6.46. The molecule has 1 N–H and O–H groups in total. The zero-order valence-corrected chi connectivity index (χ0v) is 13.4. The maximum atomic E-state index is 13.5. The predicted octanol–water partition coefficient (Wildman–Crippen LogP) is 1.41. The fraction of sp³-hybridized carbons (Fsp3) is 0.625. The number of nitrogens with zero attached hydrogens (tertiary/aromatic N) is 2. The minimum Gasteiger partial charge on any atom is -0.336 e. The number of pyridine rings is 1. The molecule has 2 saturated heterocycles. The maximum absolute atomic E-state index is 13.5. The number of nitrogens with one attached hydrogen (secondary N) is 1. The number of hydrogen-bond acceptors (Lipinski definition) is 3. The highest BCUT2D eigenvalue weighted by Crippen LogP contribution is 2.33. The number of rotatable bonds is 2. The van der Waals surface area contributed by atoms with E-state index in [1.807, 2.05) is 13.8 Å². The highest BCUT2D eigenvalue weighted by molar-refractivity contribution is 5.94. The van der Waals surface area contributed by atoms with Gasteiger partial charge in [0.2, 0.25) is 0 Å². The third-order valence-corrected chi connectivity index (χ3v) is 4.79. The molecule has 0 saturated carbocycles. The molecule has 2 fully saturated rings. The molecule has 3 rings (SSSR count). The van der Waals surface area contributed by atoms with Crippen molar-refractivity contribution in [2.75, 3.05) is 26.2 Å². The number of piperazine rings is 1. The molecule has 2 aliphatic rings. The fourth-order valence-electron chi connectivity index (χ4n) is 3.55. The molecule has 1 atom stereocenters. The summed E-state index contributed by atoms with van der Waals surface area (Å²) in [5, 5.41) is 0. The maximum Gasteiger partial charge on any atom is 0.262 e. The number of carbonyl (C=O) groups excluding carboxylic acids is 1. The molecule has 126 valence electrons. The minimum absolute atomic E-state index is 0.0953. The first kappa shape index (κ1) is 16.1. The summed E-state index contributed by atoms with van der Waals surface area (Å²) >= 11 is 0. The van der Waals surface area contributed by atoms with E-state index in [0.717, 1.165) is 11.3 Å². The van der Waals surface area contributed by atoms with Gasteiger partial charge in [0.25, 0.3) is 17.4 Å². The smallest absolute Gasteiger partial charge is 0.262 e. The van der Waals surface area contributed by atoms with Crippen molar-refractivity contribution in [2.45, 2.75) is 38.7 Å². The Balaban J connectivity index is 1.80. The van der Waals surface area contributed by atoms with E-state index in [4.69, 9.17) is 0 Å². The fourth-order valence-corrected chi connectivity index (χ4v) is 3.55. The number of aryl methyl sites for hydroxylation is 2. The third kappa shape index (κ3) is 3.02. The molecule has 2 aliphatic heterocycles. The van der Waals surface area contributed by atoms with E-state index >= 15 is 0 Å². The summed E-state index contributed by atoms with van der Waals surface area (Å²) in [6, 6.07) is 1.29. The van der Waals surface area contributed by atoms with Crippen molar-refractivity contribution in [1.29, 1.82) is 0 Å². The van der Waals surface area contributed by atoms with Crippen LogP contribution >= 0.6 is 0 Å². The first-order valence-electron chi connectivity index (χ1n) is 7.94. The molecule has 0 aliphatic carbocycles. The summed E-state index contributed by atoms with van der Waals surface area (Å²) in [5.74, 6) is -3.05. The number of halogens is 2. The number of amides is 1. The van der Waals surface area contributed by atoms with Gasteiger partial charge in [-0.25, -0.2) is 8.78 Å². The zero-order valence-electron chi connectivity index (χ0n) is 13.4. The highest BCUT2D eigenvalue weighted by Gasteiger charge is 2.47. The zero-order chi connectivity index (χ0) is 16.8. The Morgan fingerprint density at radius 3 is 2.87 bits per heavy atom. The van der Waals surface area contributed by atoms with Crippen molar-refractivity contribution >= 4 is 5.91 Å². The number of carbonyl (C=O) groups is 1. The standard InChI is InChI=1S/C16H21F2N3O2/c1-3-13-10(2)6-12(14(22)19-13)15(23)20-4-5-21-9-16(17,18)7-11(21)8-20/h6,11H,3-5,7-9H2,1-2H3,(H,19,22)/t11-/m0/s1. The minimum atomic E-state index is -2.68. The Morgan fingerprint density at radius 2 is 2.17 bits per heavy atom.